The second-order valence-corrected chi connectivity index (χ2v) is 23.5. The Hall–Kier alpha value is -5.69. The molecule has 0 spiro atoms. The average Bonchev–Trinajstić information content (AvgIpc) is 3.84. The highest BCUT2D eigenvalue weighted by atomic mass is 28.4. The number of pyridine rings is 1. The molecule has 3 aromatic heterocycles. The molecule has 6 heterocycles. The Morgan fingerprint density at radius 1 is 0.903 bits per heavy atom. The Labute approximate surface area is 365 Å². The summed E-state index contributed by atoms with van der Waals surface area (Å²) in [6.07, 6.45) is 7.10. The van der Waals surface area contributed by atoms with Crippen molar-refractivity contribution >= 4 is 42.5 Å². The van der Waals surface area contributed by atoms with Crippen molar-refractivity contribution in [3.05, 3.63) is 125 Å². The maximum absolute atomic E-state index is 15.4. The van der Waals surface area contributed by atoms with Gasteiger partial charge in [0.05, 0.1) is 36.2 Å². The van der Waals surface area contributed by atoms with Crippen molar-refractivity contribution in [3.63, 3.8) is 0 Å². The Balaban J connectivity index is 1.12. The van der Waals surface area contributed by atoms with Gasteiger partial charge >= 0.3 is 0 Å². The van der Waals surface area contributed by atoms with Crippen molar-refractivity contribution < 1.29 is 23.9 Å². The number of aromatic nitrogens is 3. The van der Waals surface area contributed by atoms with Crippen molar-refractivity contribution in [1.82, 2.24) is 23.9 Å². The molecule has 6 aromatic rings. The number of rotatable bonds is 9. The Morgan fingerprint density at radius 2 is 1.66 bits per heavy atom. The van der Waals surface area contributed by atoms with Gasteiger partial charge in [-0.25, -0.2) is 4.98 Å². The molecular weight excluding hydrogens is 793 g/mol. The van der Waals surface area contributed by atoms with Crippen molar-refractivity contribution in [2.45, 2.75) is 83.7 Å². The Kier molecular flexibility index (Phi) is 11.1. The van der Waals surface area contributed by atoms with Crippen LogP contribution >= 0.6 is 0 Å². The molecule has 322 valence electrons. The molecule has 3 aliphatic rings. The highest BCUT2D eigenvalue weighted by molar-refractivity contribution is 6.74. The molecule has 1 N–H and O–H groups in total. The van der Waals surface area contributed by atoms with Crippen LogP contribution in [0.5, 0.6) is 11.5 Å². The van der Waals surface area contributed by atoms with E-state index >= 15 is 9.59 Å². The molecule has 3 aromatic carbocycles. The van der Waals surface area contributed by atoms with Crippen LogP contribution < -0.4 is 9.33 Å². The predicted molar refractivity (Wildman–Crippen MR) is 247 cm³/mol. The van der Waals surface area contributed by atoms with E-state index in [1.165, 1.54) is 5.56 Å². The van der Waals surface area contributed by atoms with Crippen LogP contribution in [-0.2, 0) is 37.7 Å². The van der Waals surface area contributed by atoms with Gasteiger partial charge in [0.15, 0.2) is 0 Å². The van der Waals surface area contributed by atoms with E-state index in [4.69, 9.17) is 14.1 Å². The number of fused-ring (bicyclic) bond motifs is 3. The number of hydrogen-bond acceptors (Lipinski definition) is 7. The van der Waals surface area contributed by atoms with Crippen molar-refractivity contribution in [3.8, 4) is 22.8 Å². The van der Waals surface area contributed by atoms with Crippen LogP contribution in [-0.4, -0.2) is 88.0 Å². The minimum atomic E-state index is -2.11. The molecule has 1 unspecified atom stereocenters. The zero-order valence-electron chi connectivity index (χ0n) is 36.9. The molecule has 0 radical (unpaired) electrons. The molecule has 2 amide bonds. The molecule has 0 bridgehead atoms. The number of phenols is 1. The van der Waals surface area contributed by atoms with Gasteiger partial charge in [-0.3, -0.25) is 19.4 Å². The molecule has 1 fully saturated rings. The van der Waals surface area contributed by atoms with Crippen LogP contribution in [0.4, 0.5) is 11.4 Å². The molecule has 62 heavy (non-hydrogen) atoms. The molecule has 12 heteroatoms. The van der Waals surface area contributed by atoms with E-state index < -0.39 is 8.32 Å². The third kappa shape index (κ3) is 7.95. The number of carbonyl (C=O) groups excluding carboxylic acids is 2. The first-order valence-electron chi connectivity index (χ1n) is 22.0. The molecule has 1 atom stereocenters. The first kappa shape index (κ1) is 41.6. The first-order chi connectivity index (χ1) is 29.8. The minimum absolute atomic E-state index is 0.0249. The standard InChI is InChI=1S/C50H58N6O5Si/c1-50(2,3)62(5,6)61-41-17-14-37(15-18-41)56(38-28-35-20-22-52(4)47(35)51-31-38)49(59)44-30-46(54-21-10-9-13-45(44)54)42-19-16-40(57)29-43(42)48(58)55-32-36-12-8-7-11-34(36)27-39(55)33-53-23-25-60-26-24-53/h7-8,11-12,14-20,22,28-31,39,57H,9-10,13,21,23-27,32-33H2,1-6H3. The van der Waals surface area contributed by atoms with Gasteiger partial charge in [-0.05, 0) is 116 Å². The van der Waals surface area contributed by atoms with Crippen LogP contribution in [0.3, 0.4) is 0 Å². The lowest BCUT2D eigenvalue weighted by Crippen LogP contribution is -2.52. The summed E-state index contributed by atoms with van der Waals surface area (Å²) in [5, 5.41) is 12.0. The second kappa shape index (κ2) is 16.5. The van der Waals surface area contributed by atoms with Crippen LogP contribution in [0.1, 0.15) is 71.1 Å². The van der Waals surface area contributed by atoms with E-state index in [1.54, 1.807) is 23.2 Å². The van der Waals surface area contributed by atoms with Gasteiger partial charge in [0, 0.05) is 80.0 Å². The number of phenolic OH excluding ortho intramolecular Hbond substituents is 1. The fraction of sp³-hybridized carbons (Fsp3) is 0.380. The fourth-order valence-corrected chi connectivity index (χ4v) is 10.2. The number of anilines is 2. The van der Waals surface area contributed by atoms with Gasteiger partial charge in [0.25, 0.3) is 11.8 Å². The minimum Gasteiger partial charge on any atom is -0.544 e. The zero-order chi connectivity index (χ0) is 43.3. The van der Waals surface area contributed by atoms with E-state index in [2.05, 4.69) is 61.5 Å². The van der Waals surface area contributed by atoms with E-state index in [1.807, 2.05) is 77.3 Å². The number of carbonyl (C=O) groups is 2. The summed E-state index contributed by atoms with van der Waals surface area (Å²) in [5.74, 6) is 0.493. The third-order valence-electron chi connectivity index (χ3n) is 13.6. The zero-order valence-corrected chi connectivity index (χ0v) is 37.9. The molecule has 1 saturated heterocycles. The number of nitrogens with zero attached hydrogens (tertiary/aromatic N) is 6. The normalized spacial score (nSPS) is 17.1. The largest absolute Gasteiger partial charge is 0.544 e. The summed E-state index contributed by atoms with van der Waals surface area (Å²) in [5.41, 5.74) is 8.02. The van der Waals surface area contributed by atoms with Gasteiger partial charge in [0.2, 0.25) is 8.32 Å². The second-order valence-electron chi connectivity index (χ2n) is 18.7. The van der Waals surface area contributed by atoms with Crippen molar-refractivity contribution in [1.29, 1.82) is 0 Å². The summed E-state index contributed by atoms with van der Waals surface area (Å²) >= 11 is 0. The van der Waals surface area contributed by atoms with Gasteiger partial charge in [-0.15, -0.1) is 0 Å². The van der Waals surface area contributed by atoms with Crippen molar-refractivity contribution in [2.75, 3.05) is 37.7 Å². The smallest absolute Gasteiger partial charge is 0.264 e. The Morgan fingerprint density at radius 3 is 2.42 bits per heavy atom. The quantitative estimate of drug-likeness (QED) is 0.145. The average molecular weight is 851 g/mol. The number of morpholine rings is 1. The number of aryl methyl sites for hydroxylation is 1. The van der Waals surface area contributed by atoms with Crippen molar-refractivity contribution in [2.24, 2.45) is 7.05 Å². The lowest BCUT2D eigenvalue weighted by molar-refractivity contribution is 0.0193. The number of hydrogen-bond donors (Lipinski definition) is 1. The topological polar surface area (TPSA) is 105 Å². The number of aromatic hydroxyl groups is 1. The van der Waals surface area contributed by atoms with Gasteiger partial charge in [-0.2, -0.15) is 0 Å². The third-order valence-corrected chi connectivity index (χ3v) is 18.0. The first-order valence-corrected chi connectivity index (χ1v) is 24.9. The summed E-state index contributed by atoms with van der Waals surface area (Å²) in [4.78, 5) is 41.5. The van der Waals surface area contributed by atoms with Gasteiger partial charge in [0.1, 0.15) is 17.1 Å². The number of benzene rings is 3. The number of ether oxygens (including phenoxy) is 1. The molecule has 11 nitrogen and oxygen atoms in total. The van der Waals surface area contributed by atoms with Crippen LogP contribution in [0.15, 0.2) is 97.3 Å². The van der Waals surface area contributed by atoms with Gasteiger partial charge < -0.3 is 28.3 Å². The summed E-state index contributed by atoms with van der Waals surface area (Å²) in [6, 6.07) is 27.3. The lowest BCUT2D eigenvalue weighted by atomic mass is 9.92. The van der Waals surface area contributed by atoms with Crippen LogP contribution in [0.2, 0.25) is 18.1 Å². The molecule has 0 saturated carbocycles. The van der Waals surface area contributed by atoms with E-state index in [0.717, 1.165) is 79.1 Å². The molecular formula is C50H58N6O5Si. The fourth-order valence-electron chi connectivity index (χ4n) is 9.12. The Bertz CT molecular complexity index is 2640. The SMILES string of the molecule is Cn1ccc2cc(N(C(=O)c3cc(-c4ccc(O)cc4C(=O)N4Cc5ccccc5CC4CN4CCOCC4)n4c3CCCC4)c3ccc(O[Si](C)(C)C(C)(C)C)cc3)cnc21. The monoisotopic (exact) mass is 850 g/mol. The maximum atomic E-state index is 15.4. The maximum Gasteiger partial charge on any atom is 0.264 e. The highest BCUT2D eigenvalue weighted by Gasteiger charge is 2.39. The summed E-state index contributed by atoms with van der Waals surface area (Å²) in [6.45, 7) is 16.1. The summed E-state index contributed by atoms with van der Waals surface area (Å²) < 4.78 is 16.5. The predicted octanol–water partition coefficient (Wildman–Crippen LogP) is 9.35. The van der Waals surface area contributed by atoms with Gasteiger partial charge in [-0.1, -0.05) is 45.0 Å². The highest BCUT2D eigenvalue weighted by Crippen LogP contribution is 2.41. The van der Waals surface area contributed by atoms with Crippen LogP contribution in [0.25, 0.3) is 22.3 Å². The molecule has 9 rings (SSSR count). The molecule has 3 aliphatic heterocycles. The number of amides is 2. The van der Waals surface area contributed by atoms with E-state index in [0.29, 0.717) is 54.4 Å². The van der Waals surface area contributed by atoms with E-state index in [9.17, 15) is 5.11 Å². The van der Waals surface area contributed by atoms with Crippen LogP contribution in [0, 0.1) is 0 Å². The lowest BCUT2D eigenvalue weighted by Gasteiger charge is -2.40. The van der Waals surface area contributed by atoms with E-state index in [-0.39, 0.29) is 28.6 Å². The molecule has 0 aliphatic carbocycles. The summed E-state index contributed by atoms with van der Waals surface area (Å²) in [7, 11) is -0.142.